The standard InChI is InChI=1S/C13H17Br2NO3/c14-11-3-8(5-16-9-1-2-9)4-12(15)13(11)19-7-10(18)6-17/h3-4,9-10,16-18H,1-2,5-7H2. The van der Waals surface area contributed by atoms with Crippen molar-refractivity contribution in [3.8, 4) is 5.75 Å². The molecule has 1 unspecified atom stereocenters. The lowest BCUT2D eigenvalue weighted by atomic mass is 10.2. The molecule has 0 aromatic heterocycles. The first kappa shape index (κ1) is 15.3. The minimum atomic E-state index is -0.866. The zero-order valence-corrected chi connectivity index (χ0v) is 13.6. The summed E-state index contributed by atoms with van der Waals surface area (Å²) in [5.74, 6) is 0.641. The van der Waals surface area contributed by atoms with Gasteiger partial charge in [-0.2, -0.15) is 0 Å². The molecule has 2 rings (SSSR count). The summed E-state index contributed by atoms with van der Waals surface area (Å²) in [4.78, 5) is 0. The van der Waals surface area contributed by atoms with Gasteiger partial charge in [0.1, 0.15) is 18.5 Å². The van der Waals surface area contributed by atoms with Crippen LogP contribution < -0.4 is 10.1 Å². The van der Waals surface area contributed by atoms with Crippen LogP contribution in [0.1, 0.15) is 18.4 Å². The predicted octanol–water partition coefficient (Wildman–Crippen LogP) is 2.20. The number of aliphatic hydroxyl groups is 2. The molecule has 0 bridgehead atoms. The molecular formula is C13H17Br2NO3. The monoisotopic (exact) mass is 393 g/mol. The molecule has 1 atom stereocenters. The third kappa shape index (κ3) is 4.72. The van der Waals surface area contributed by atoms with Crippen LogP contribution in [-0.4, -0.2) is 35.6 Å². The summed E-state index contributed by atoms with van der Waals surface area (Å²) in [5, 5.41) is 21.5. The highest BCUT2D eigenvalue weighted by Crippen LogP contribution is 2.35. The summed E-state index contributed by atoms with van der Waals surface area (Å²) in [5.41, 5.74) is 1.17. The van der Waals surface area contributed by atoms with Crippen molar-refractivity contribution in [1.82, 2.24) is 5.32 Å². The van der Waals surface area contributed by atoms with Crippen molar-refractivity contribution in [2.75, 3.05) is 13.2 Å². The van der Waals surface area contributed by atoms with Gasteiger partial charge in [0.25, 0.3) is 0 Å². The van der Waals surface area contributed by atoms with Crippen molar-refractivity contribution in [2.45, 2.75) is 31.5 Å². The number of aliphatic hydroxyl groups excluding tert-OH is 2. The molecule has 1 fully saturated rings. The summed E-state index contributed by atoms with van der Waals surface area (Å²) in [7, 11) is 0. The third-order valence-corrected chi connectivity index (χ3v) is 4.04. The molecule has 3 N–H and O–H groups in total. The highest BCUT2D eigenvalue weighted by atomic mass is 79.9. The SMILES string of the molecule is OCC(O)COc1c(Br)cc(CNC2CC2)cc1Br. The lowest BCUT2D eigenvalue weighted by Crippen LogP contribution is -2.21. The van der Waals surface area contributed by atoms with Crippen molar-refractivity contribution >= 4 is 31.9 Å². The van der Waals surface area contributed by atoms with Gasteiger partial charge in [0.15, 0.2) is 0 Å². The average molecular weight is 395 g/mol. The van der Waals surface area contributed by atoms with E-state index in [0.29, 0.717) is 11.8 Å². The number of benzene rings is 1. The van der Waals surface area contributed by atoms with Crippen LogP contribution in [0.4, 0.5) is 0 Å². The fourth-order valence-electron chi connectivity index (χ4n) is 1.63. The molecule has 0 spiro atoms. The Bertz CT molecular complexity index is 415. The zero-order valence-electron chi connectivity index (χ0n) is 10.4. The van der Waals surface area contributed by atoms with Crippen molar-refractivity contribution in [2.24, 2.45) is 0 Å². The second-order valence-corrected chi connectivity index (χ2v) is 6.40. The smallest absolute Gasteiger partial charge is 0.147 e. The number of hydrogen-bond acceptors (Lipinski definition) is 4. The number of nitrogens with one attached hydrogen (secondary N) is 1. The van der Waals surface area contributed by atoms with Crippen molar-refractivity contribution < 1.29 is 14.9 Å². The molecule has 106 valence electrons. The van der Waals surface area contributed by atoms with E-state index in [0.717, 1.165) is 15.5 Å². The van der Waals surface area contributed by atoms with Gasteiger partial charge >= 0.3 is 0 Å². The Morgan fingerprint density at radius 1 is 1.32 bits per heavy atom. The van der Waals surface area contributed by atoms with Gasteiger partial charge in [0, 0.05) is 12.6 Å². The van der Waals surface area contributed by atoms with Crippen molar-refractivity contribution in [1.29, 1.82) is 0 Å². The number of ether oxygens (including phenoxy) is 1. The molecule has 4 nitrogen and oxygen atoms in total. The molecule has 0 amide bonds. The molecule has 0 saturated heterocycles. The number of hydrogen-bond donors (Lipinski definition) is 3. The maximum atomic E-state index is 9.29. The van der Waals surface area contributed by atoms with E-state index in [4.69, 9.17) is 9.84 Å². The first-order chi connectivity index (χ1) is 9.10. The number of halogens is 2. The molecule has 1 saturated carbocycles. The van der Waals surface area contributed by atoms with Crippen LogP contribution in [0.2, 0.25) is 0 Å². The first-order valence-corrected chi connectivity index (χ1v) is 7.81. The molecule has 0 aliphatic heterocycles. The van der Waals surface area contributed by atoms with Crippen LogP contribution in [0.5, 0.6) is 5.75 Å². The second-order valence-electron chi connectivity index (χ2n) is 4.69. The molecule has 1 aliphatic carbocycles. The van der Waals surface area contributed by atoms with E-state index in [1.54, 1.807) is 0 Å². The fraction of sp³-hybridized carbons (Fsp3) is 0.538. The molecule has 1 aromatic rings. The van der Waals surface area contributed by atoms with Gasteiger partial charge in [-0.05, 0) is 62.4 Å². The van der Waals surface area contributed by atoms with E-state index in [1.807, 2.05) is 12.1 Å². The van der Waals surface area contributed by atoms with Crippen LogP contribution in [0.3, 0.4) is 0 Å². The van der Waals surface area contributed by atoms with Gasteiger partial charge in [0.2, 0.25) is 0 Å². The van der Waals surface area contributed by atoms with Crippen LogP contribution in [0, 0.1) is 0 Å². The minimum absolute atomic E-state index is 0.0629. The van der Waals surface area contributed by atoms with Gasteiger partial charge < -0.3 is 20.3 Å². The van der Waals surface area contributed by atoms with E-state index in [-0.39, 0.29) is 13.2 Å². The Morgan fingerprint density at radius 2 is 1.95 bits per heavy atom. The summed E-state index contributed by atoms with van der Waals surface area (Å²) < 4.78 is 7.15. The molecule has 1 aromatic carbocycles. The Balaban J connectivity index is 1.98. The van der Waals surface area contributed by atoms with E-state index >= 15 is 0 Å². The van der Waals surface area contributed by atoms with Gasteiger partial charge in [-0.25, -0.2) is 0 Å². The van der Waals surface area contributed by atoms with Crippen LogP contribution in [0.25, 0.3) is 0 Å². The normalized spacial score (nSPS) is 16.4. The largest absolute Gasteiger partial charge is 0.488 e. The molecule has 19 heavy (non-hydrogen) atoms. The maximum absolute atomic E-state index is 9.29. The Kier molecular flexibility index (Phi) is 5.65. The molecule has 0 heterocycles. The maximum Gasteiger partial charge on any atom is 0.147 e. The minimum Gasteiger partial charge on any atom is -0.488 e. The second kappa shape index (κ2) is 7.04. The van der Waals surface area contributed by atoms with Crippen molar-refractivity contribution in [3.05, 3.63) is 26.6 Å². The zero-order chi connectivity index (χ0) is 13.8. The average Bonchev–Trinajstić information content (AvgIpc) is 3.19. The summed E-state index contributed by atoms with van der Waals surface area (Å²) in [6.07, 6.45) is 1.67. The quantitative estimate of drug-likeness (QED) is 0.663. The lowest BCUT2D eigenvalue weighted by Gasteiger charge is -2.14. The van der Waals surface area contributed by atoms with Crippen LogP contribution >= 0.6 is 31.9 Å². The van der Waals surface area contributed by atoms with E-state index in [1.165, 1.54) is 18.4 Å². The Labute approximate surface area is 129 Å². The predicted molar refractivity (Wildman–Crippen MR) is 80.3 cm³/mol. The molecular weight excluding hydrogens is 378 g/mol. The van der Waals surface area contributed by atoms with E-state index in [9.17, 15) is 5.11 Å². The summed E-state index contributed by atoms with van der Waals surface area (Å²) in [6.45, 7) is 0.591. The first-order valence-electron chi connectivity index (χ1n) is 6.23. The summed E-state index contributed by atoms with van der Waals surface area (Å²) >= 11 is 6.93. The van der Waals surface area contributed by atoms with Crippen LogP contribution in [-0.2, 0) is 6.54 Å². The highest BCUT2D eigenvalue weighted by Gasteiger charge is 2.20. The Morgan fingerprint density at radius 3 is 2.47 bits per heavy atom. The fourth-order valence-corrected chi connectivity index (χ4v) is 3.14. The Hall–Kier alpha value is -0.140. The van der Waals surface area contributed by atoms with E-state index in [2.05, 4.69) is 37.2 Å². The molecule has 1 aliphatic rings. The molecule has 0 radical (unpaired) electrons. The third-order valence-electron chi connectivity index (χ3n) is 2.86. The van der Waals surface area contributed by atoms with Gasteiger partial charge in [-0.15, -0.1) is 0 Å². The summed E-state index contributed by atoms with van der Waals surface area (Å²) in [6, 6.07) is 4.68. The van der Waals surface area contributed by atoms with E-state index < -0.39 is 6.10 Å². The topological polar surface area (TPSA) is 61.7 Å². The lowest BCUT2D eigenvalue weighted by molar-refractivity contribution is 0.0531. The number of rotatable bonds is 7. The van der Waals surface area contributed by atoms with Gasteiger partial charge in [-0.3, -0.25) is 0 Å². The molecule has 6 heteroatoms. The highest BCUT2D eigenvalue weighted by molar-refractivity contribution is 9.11. The van der Waals surface area contributed by atoms with Crippen molar-refractivity contribution in [3.63, 3.8) is 0 Å². The van der Waals surface area contributed by atoms with Gasteiger partial charge in [0.05, 0.1) is 15.6 Å². The van der Waals surface area contributed by atoms with Gasteiger partial charge in [-0.1, -0.05) is 0 Å². The van der Waals surface area contributed by atoms with Crippen LogP contribution in [0.15, 0.2) is 21.1 Å².